The predicted molar refractivity (Wildman–Crippen MR) is 74.6 cm³/mol. The Hall–Kier alpha value is -2.29. The van der Waals surface area contributed by atoms with Crippen LogP contribution in [0, 0.1) is 5.92 Å². The quantitative estimate of drug-likeness (QED) is 0.861. The highest BCUT2D eigenvalue weighted by Crippen LogP contribution is 2.17. The molecule has 0 fully saturated rings. The molecule has 0 saturated heterocycles. The number of amides is 1. The van der Waals surface area contributed by atoms with Crippen LogP contribution in [0.5, 0.6) is 5.75 Å². The first-order chi connectivity index (χ1) is 9.15. The number of nitrogens with two attached hydrogens (primary N) is 1. The smallest absolute Gasteiger partial charge is 0.221 e. The molecule has 2 aromatic rings. The monoisotopic (exact) mass is 255 g/mol. The molecule has 3 nitrogen and oxygen atoms in total. The molecule has 2 rings (SSSR count). The first kappa shape index (κ1) is 13.1. The Balaban J connectivity index is 2.08. The highest BCUT2D eigenvalue weighted by molar-refractivity contribution is 5.77. The van der Waals surface area contributed by atoms with Crippen LogP contribution in [0.25, 0.3) is 0 Å². The number of carbonyl (C=O) groups excluding carboxylic acids is 1. The maximum atomic E-state index is 11.5. The molecular weight excluding hydrogens is 238 g/mol. The summed E-state index contributed by atoms with van der Waals surface area (Å²) >= 11 is 0. The zero-order valence-electron chi connectivity index (χ0n) is 10.6. The van der Waals surface area contributed by atoms with Crippen LogP contribution in [-0.4, -0.2) is 11.0 Å². The average Bonchev–Trinajstić information content (AvgIpc) is 2.41. The van der Waals surface area contributed by atoms with E-state index in [0.717, 1.165) is 11.1 Å². The van der Waals surface area contributed by atoms with Gasteiger partial charge in [-0.25, -0.2) is 0 Å². The van der Waals surface area contributed by atoms with Gasteiger partial charge >= 0.3 is 0 Å². The Kier molecular flexibility index (Phi) is 4.18. The summed E-state index contributed by atoms with van der Waals surface area (Å²) in [6.45, 7) is 0. The van der Waals surface area contributed by atoms with Crippen LogP contribution in [0.15, 0.2) is 54.6 Å². The first-order valence-corrected chi connectivity index (χ1v) is 6.26. The summed E-state index contributed by atoms with van der Waals surface area (Å²) < 4.78 is 0. The zero-order valence-corrected chi connectivity index (χ0v) is 10.6. The van der Waals surface area contributed by atoms with Gasteiger partial charge in [0.15, 0.2) is 0 Å². The Bertz CT molecular complexity index is 534. The van der Waals surface area contributed by atoms with Crippen molar-refractivity contribution >= 4 is 5.91 Å². The normalized spacial score (nSPS) is 12.0. The SMILES string of the molecule is NC(=O)C(Cc1ccccc1)Cc1ccc(O)cc1. The minimum absolute atomic E-state index is 0.224. The number of carbonyl (C=O) groups is 1. The van der Waals surface area contributed by atoms with Gasteiger partial charge in [0, 0.05) is 5.92 Å². The molecule has 0 radical (unpaired) electrons. The number of aromatic hydroxyl groups is 1. The standard InChI is InChI=1S/C16H17NO2/c17-16(19)14(10-12-4-2-1-3-5-12)11-13-6-8-15(18)9-7-13/h1-9,14,18H,10-11H2,(H2,17,19). The third kappa shape index (κ3) is 3.85. The number of benzene rings is 2. The minimum Gasteiger partial charge on any atom is -0.508 e. The molecule has 2 aromatic carbocycles. The van der Waals surface area contributed by atoms with E-state index in [0.29, 0.717) is 12.8 Å². The lowest BCUT2D eigenvalue weighted by molar-refractivity contribution is -0.121. The van der Waals surface area contributed by atoms with Gasteiger partial charge in [-0.1, -0.05) is 42.5 Å². The van der Waals surface area contributed by atoms with Crippen molar-refractivity contribution in [1.29, 1.82) is 0 Å². The van der Waals surface area contributed by atoms with Gasteiger partial charge < -0.3 is 10.8 Å². The molecule has 3 heteroatoms. The van der Waals surface area contributed by atoms with Gasteiger partial charge in [-0.3, -0.25) is 4.79 Å². The molecule has 0 heterocycles. The minimum atomic E-state index is -0.295. The molecule has 0 aliphatic heterocycles. The third-order valence-corrected chi connectivity index (χ3v) is 3.15. The maximum absolute atomic E-state index is 11.5. The van der Waals surface area contributed by atoms with Crippen molar-refractivity contribution in [3.05, 3.63) is 65.7 Å². The van der Waals surface area contributed by atoms with E-state index in [1.807, 2.05) is 42.5 Å². The van der Waals surface area contributed by atoms with E-state index in [-0.39, 0.29) is 17.6 Å². The second kappa shape index (κ2) is 6.05. The molecular formula is C16H17NO2. The van der Waals surface area contributed by atoms with E-state index < -0.39 is 0 Å². The van der Waals surface area contributed by atoms with Crippen molar-refractivity contribution in [2.75, 3.05) is 0 Å². The highest BCUT2D eigenvalue weighted by atomic mass is 16.3. The summed E-state index contributed by atoms with van der Waals surface area (Å²) in [6, 6.07) is 16.7. The van der Waals surface area contributed by atoms with Gasteiger partial charge in [-0.15, -0.1) is 0 Å². The molecule has 1 unspecified atom stereocenters. The fourth-order valence-corrected chi connectivity index (χ4v) is 2.09. The Morgan fingerprint density at radius 1 is 0.947 bits per heavy atom. The van der Waals surface area contributed by atoms with Crippen molar-refractivity contribution in [2.24, 2.45) is 11.7 Å². The molecule has 3 N–H and O–H groups in total. The molecule has 1 atom stereocenters. The summed E-state index contributed by atoms with van der Waals surface area (Å²) in [7, 11) is 0. The Labute approximate surface area is 112 Å². The van der Waals surface area contributed by atoms with E-state index in [9.17, 15) is 9.90 Å². The van der Waals surface area contributed by atoms with E-state index in [4.69, 9.17) is 5.73 Å². The fourth-order valence-electron chi connectivity index (χ4n) is 2.09. The van der Waals surface area contributed by atoms with Crippen molar-refractivity contribution in [2.45, 2.75) is 12.8 Å². The summed E-state index contributed by atoms with van der Waals surface area (Å²) in [6.07, 6.45) is 1.22. The van der Waals surface area contributed by atoms with Crippen LogP contribution in [0.2, 0.25) is 0 Å². The number of primary amides is 1. The van der Waals surface area contributed by atoms with Crippen molar-refractivity contribution in [3.63, 3.8) is 0 Å². The average molecular weight is 255 g/mol. The molecule has 0 saturated carbocycles. The van der Waals surface area contributed by atoms with Crippen LogP contribution < -0.4 is 5.73 Å². The van der Waals surface area contributed by atoms with Gasteiger partial charge in [0.1, 0.15) is 5.75 Å². The van der Waals surface area contributed by atoms with Crippen molar-refractivity contribution in [1.82, 2.24) is 0 Å². The summed E-state index contributed by atoms with van der Waals surface area (Å²) in [5, 5.41) is 9.24. The molecule has 0 bridgehead atoms. The largest absolute Gasteiger partial charge is 0.508 e. The molecule has 1 amide bonds. The molecule has 0 aromatic heterocycles. The zero-order chi connectivity index (χ0) is 13.7. The predicted octanol–water partition coefficient (Wildman–Crippen LogP) is 2.28. The van der Waals surface area contributed by atoms with Crippen LogP contribution in [0.1, 0.15) is 11.1 Å². The van der Waals surface area contributed by atoms with E-state index in [2.05, 4.69) is 0 Å². The second-order valence-corrected chi connectivity index (χ2v) is 4.66. The molecule has 98 valence electrons. The van der Waals surface area contributed by atoms with Gasteiger partial charge in [-0.2, -0.15) is 0 Å². The van der Waals surface area contributed by atoms with Gasteiger partial charge in [-0.05, 0) is 36.1 Å². The fraction of sp³-hybridized carbons (Fsp3) is 0.188. The topological polar surface area (TPSA) is 63.3 Å². The lowest BCUT2D eigenvalue weighted by Gasteiger charge is -2.13. The molecule has 0 aliphatic carbocycles. The van der Waals surface area contributed by atoms with Crippen molar-refractivity contribution < 1.29 is 9.90 Å². The maximum Gasteiger partial charge on any atom is 0.221 e. The van der Waals surface area contributed by atoms with E-state index >= 15 is 0 Å². The number of rotatable bonds is 5. The lowest BCUT2D eigenvalue weighted by atomic mass is 9.92. The number of hydrogen-bond donors (Lipinski definition) is 2. The number of hydrogen-bond acceptors (Lipinski definition) is 2. The van der Waals surface area contributed by atoms with Crippen molar-refractivity contribution in [3.8, 4) is 5.75 Å². The first-order valence-electron chi connectivity index (χ1n) is 6.26. The van der Waals surface area contributed by atoms with Gasteiger partial charge in [0.05, 0.1) is 0 Å². The Morgan fingerprint density at radius 2 is 1.47 bits per heavy atom. The second-order valence-electron chi connectivity index (χ2n) is 4.66. The summed E-state index contributed by atoms with van der Waals surface area (Å²) in [5.41, 5.74) is 7.57. The van der Waals surface area contributed by atoms with Crippen LogP contribution in [-0.2, 0) is 17.6 Å². The summed E-state index contributed by atoms with van der Waals surface area (Å²) in [4.78, 5) is 11.5. The Morgan fingerprint density at radius 3 is 2.00 bits per heavy atom. The van der Waals surface area contributed by atoms with Gasteiger partial charge in [0.2, 0.25) is 5.91 Å². The lowest BCUT2D eigenvalue weighted by Crippen LogP contribution is -2.27. The highest BCUT2D eigenvalue weighted by Gasteiger charge is 2.16. The summed E-state index contributed by atoms with van der Waals surface area (Å²) in [5.74, 6) is -0.300. The molecule has 0 aliphatic rings. The molecule has 19 heavy (non-hydrogen) atoms. The third-order valence-electron chi connectivity index (χ3n) is 3.15. The van der Waals surface area contributed by atoms with Crippen LogP contribution >= 0.6 is 0 Å². The molecule has 0 spiro atoms. The van der Waals surface area contributed by atoms with Gasteiger partial charge in [0.25, 0.3) is 0 Å². The van der Waals surface area contributed by atoms with Crippen LogP contribution in [0.3, 0.4) is 0 Å². The van der Waals surface area contributed by atoms with E-state index in [1.165, 1.54) is 0 Å². The number of phenolic OH excluding ortho intramolecular Hbond substituents is 1. The number of phenols is 1. The van der Waals surface area contributed by atoms with Crippen LogP contribution in [0.4, 0.5) is 0 Å². The van der Waals surface area contributed by atoms with E-state index in [1.54, 1.807) is 12.1 Å².